The predicted molar refractivity (Wildman–Crippen MR) is 95.5 cm³/mol. The van der Waals surface area contributed by atoms with Crippen LogP contribution in [-0.4, -0.2) is 11.7 Å². The summed E-state index contributed by atoms with van der Waals surface area (Å²) in [6.07, 6.45) is 12.7. The van der Waals surface area contributed by atoms with Crippen LogP contribution in [0.5, 0.6) is 0 Å². The number of hydrogen-bond donors (Lipinski definition) is 1. The number of allylic oxidation sites excluding steroid dienone is 7. The Hall–Kier alpha value is -1.15. The number of hydrogen-bond acceptors (Lipinski definition) is 1. The van der Waals surface area contributed by atoms with E-state index in [1.165, 1.54) is 16.7 Å². The third kappa shape index (κ3) is 11.5. The molecule has 22 heavy (non-hydrogen) atoms. The van der Waals surface area contributed by atoms with Gasteiger partial charge in [0.2, 0.25) is 0 Å². The molecule has 0 saturated carbocycles. The van der Waals surface area contributed by atoms with Gasteiger partial charge in [-0.05, 0) is 78.7 Å². The third-order valence-electron chi connectivity index (χ3n) is 3.74. The van der Waals surface area contributed by atoms with Gasteiger partial charge in [-0.2, -0.15) is 0 Å². The zero-order chi connectivity index (χ0) is 17.0. The van der Waals surface area contributed by atoms with E-state index in [4.69, 9.17) is 5.11 Å². The van der Waals surface area contributed by atoms with Crippen LogP contribution in [-0.2, 0) is 0 Å². The molecule has 0 atom stereocenters. The minimum atomic E-state index is -0.481. The fourth-order valence-electron chi connectivity index (χ4n) is 2.14. The van der Waals surface area contributed by atoms with Gasteiger partial charge in [0.15, 0.2) is 0 Å². The summed E-state index contributed by atoms with van der Waals surface area (Å²) in [6, 6.07) is 0. The fourth-order valence-corrected chi connectivity index (χ4v) is 2.14. The summed E-state index contributed by atoms with van der Waals surface area (Å²) >= 11 is 0. The molecule has 0 aliphatic rings. The highest BCUT2D eigenvalue weighted by molar-refractivity contribution is 5.09. The maximum Gasteiger partial charge on any atom is 0.124 e. The Balaban J connectivity index is 4.04. The van der Waals surface area contributed by atoms with Gasteiger partial charge in [-0.3, -0.25) is 0 Å². The first-order chi connectivity index (χ1) is 10.4. The van der Waals surface area contributed by atoms with Gasteiger partial charge in [0.1, 0.15) is 5.83 Å². The molecule has 0 spiro atoms. The Morgan fingerprint density at radius 3 is 1.68 bits per heavy atom. The van der Waals surface area contributed by atoms with Gasteiger partial charge in [-0.15, -0.1) is 0 Å². The minimum absolute atomic E-state index is 0.388. The molecule has 0 saturated heterocycles. The Bertz CT molecular complexity index is 435. The molecule has 0 unspecified atom stereocenters. The number of aliphatic hydroxyl groups excluding tert-OH is 1. The van der Waals surface area contributed by atoms with E-state index in [-0.39, 0.29) is 5.83 Å². The molecule has 0 heterocycles. The van der Waals surface area contributed by atoms with E-state index in [1.807, 2.05) is 0 Å². The average Bonchev–Trinajstić information content (AvgIpc) is 2.45. The van der Waals surface area contributed by atoms with Gasteiger partial charge in [0.25, 0.3) is 0 Å². The van der Waals surface area contributed by atoms with Crippen molar-refractivity contribution in [2.75, 3.05) is 6.61 Å². The highest BCUT2D eigenvalue weighted by atomic mass is 19.1. The van der Waals surface area contributed by atoms with E-state index in [2.05, 4.69) is 45.9 Å². The molecular weight excluding hydrogens is 275 g/mol. The fraction of sp³-hybridized carbons (Fsp3) is 0.600. The molecule has 126 valence electrons. The lowest BCUT2D eigenvalue weighted by molar-refractivity contribution is 0.295. The van der Waals surface area contributed by atoms with E-state index in [1.54, 1.807) is 6.92 Å². The maximum absolute atomic E-state index is 13.1. The highest BCUT2D eigenvalue weighted by Crippen LogP contribution is 2.15. The van der Waals surface area contributed by atoms with Gasteiger partial charge in [-0.1, -0.05) is 34.9 Å². The first-order valence-corrected chi connectivity index (χ1v) is 8.26. The molecule has 0 radical (unpaired) electrons. The van der Waals surface area contributed by atoms with Gasteiger partial charge < -0.3 is 5.11 Å². The molecule has 0 aliphatic carbocycles. The predicted octanol–water partition coefficient (Wildman–Crippen LogP) is 6.42. The lowest BCUT2D eigenvalue weighted by atomic mass is 10.0. The van der Waals surface area contributed by atoms with Crippen molar-refractivity contribution in [1.82, 2.24) is 0 Å². The first-order valence-electron chi connectivity index (χ1n) is 8.26. The summed E-state index contributed by atoms with van der Waals surface area (Å²) < 4.78 is 13.1. The van der Waals surface area contributed by atoms with Crippen molar-refractivity contribution in [3.63, 3.8) is 0 Å². The largest absolute Gasteiger partial charge is 0.389 e. The van der Waals surface area contributed by atoms with Gasteiger partial charge in [0.05, 0.1) is 6.61 Å². The van der Waals surface area contributed by atoms with Crippen LogP contribution in [0.4, 0.5) is 4.39 Å². The highest BCUT2D eigenvalue weighted by Gasteiger charge is 1.99. The van der Waals surface area contributed by atoms with Crippen LogP contribution >= 0.6 is 0 Å². The summed E-state index contributed by atoms with van der Waals surface area (Å²) in [6.45, 7) is 9.86. The Morgan fingerprint density at radius 1 is 0.773 bits per heavy atom. The van der Waals surface area contributed by atoms with Crippen LogP contribution in [0, 0.1) is 0 Å². The third-order valence-corrected chi connectivity index (χ3v) is 3.74. The van der Waals surface area contributed by atoms with Crippen LogP contribution in [0.15, 0.2) is 46.3 Å². The zero-order valence-corrected chi connectivity index (χ0v) is 15.0. The van der Waals surface area contributed by atoms with Crippen LogP contribution in [0.3, 0.4) is 0 Å². The van der Waals surface area contributed by atoms with E-state index in [0.29, 0.717) is 12.0 Å². The van der Waals surface area contributed by atoms with E-state index < -0.39 is 6.61 Å². The Morgan fingerprint density at radius 2 is 1.23 bits per heavy atom. The monoisotopic (exact) mass is 308 g/mol. The van der Waals surface area contributed by atoms with Crippen molar-refractivity contribution in [3.05, 3.63) is 46.3 Å². The SMILES string of the molecule is CC(C)=CCC/C(C)=C/CC/C(C)=C/CC/C(C)=C(/F)CO. The average molecular weight is 308 g/mol. The normalized spacial score (nSPS) is 14.0. The minimum Gasteiger partial charge on any atom is -0.389 e. The topological polar surface area (TPSA) is 20.2 Å². The van der Waals surface area contributed by atoms with Crippen LogP contribution in [0.2, 0.25) is 0 Å². The van der Waals surface area contributed by atoms with Crippen molar-refractivity contribution < 1.29 is 9.50 Å². The molecule has 1 N–H and O–H groups in total. The van der Waals surface area contributed by atoms with Crippen LogP contribution in [0.1, 0.15) is 73.1 Å². The summed E-state index contributed by atoms with van der Waals surface area (Å²) in [4.78, 5) is 0. The summed E-state index contributed by atoms with van der Waals surface area (Å²) in [7, 11) is 0. The molecule has 2 heteroatoms. The second-order valence-corrected chi connectivity index (χ2v) is 6.34. The molecule has 0 aromatic carbocycles. The van der Waals surface area contributed by atoms with Crippen molar-refractivity contribution in [1.29, 1.82) is 0 Å². The van der Waals surface area contributed by atoms with Crippen molar-refractivity contribution in [3.8, 4) is 0 Å². The second-order valence-electron chi connectivity index (χ2n) is 6.34. The van der Waals surface area contributed by atoms with Crippen molar-refractivity contribution in [2.24, 2.45) is 0 Å². The van der Waals surface area contributed by atoms with Crippen molar-refractivity contribution in [2.45, 2.75) is 73.1 Å². The summed E-state index contributed by atoms with van der Waals surface area (Å²) in [5.41, 5.74) is 4.84. The van der Waals surface area contributed by atoms with Crippen LogP contribution in [0.25, 0.3) is 0 Å². The molecule has 0 aliphatic heterocycles. The number of rotatable bonds is 10. The molecule has 0 amide bonds. The smallest absolute Gasteiger partial charge is 0.124 e. The molecule has 0 aromatic rings. The quantitative estimate of drug-likeness (QED) is 0.461. The van der Waals surface area contributed by atoms with Crippen molar-refractivity contribution >= 4 is 0 Å². The molecule has 0 fully saturated rings. The lowest BCUT2D eigenvalue weighted by Crippen LogP contribution is -1.88. The first kappa shape index (κ1) is 20.9. The Labute approximate surface area is 136 Å². The second kappa shape index (κ2) is 12.4. The Kier molecular flexibility index (Phi) is 11.8. The lowest BCUT2D eigenvalue weighted by Gasteiger charge is -2.03. The number of halogens is 1. The van der Waals surface area contributed by atoms with Crippen LogP contribution < -0.4 is 0 Å². The van der Waals surface area contributed by atoms with E-state index in [9.17, 15) is 4.39 Å². The van der Waals surface area contributed by atoms with E-state index in [0.717, 1.165) is 32.1 Å². The molecular formula is C20H33FO. The standard InChI is InChI=1S/C20H33FO/c1-16(2)9-6-10-17(3)11-7-12-18(4)13-8-14-19(5)20(21)15-22/h9,11,13,22H,6-8,10,12,14-15H2,1-5H3/b17-11+,18-13+,20-19+. The molecule has 0 bridgehead atoms. The number of aliphatic hydroxyl groups is 1. The van der Waals surface area contributed by atoms with Gasteiger partial charge in [0, 0.05) is 0 Å². The van der Waals surface area contributed by atoms with Gasteiger partial charge >= 0.3 is 0 Å². The summed E-state index contributed by atoms with van der Waals surface area (Å²) in [5, 5.41) is 8.72. The molecule has 0 aromatic heterocycles. The zero-order valence-electron chi connectivity index (χ0n) is 15.0. The maximum atomic E-state index is 13.1. The van der Waals surface area contributed by atoms with E-state index >= 15 is 0 Å². The van der Waals surface area contributed by atoms with Gasteiger partial charge in [-0.25, -0.2) is 4.39 Å². The molecule has 1 nitrogen and oxygen atoms in total. The summed E-state index contributed by atoms with van der Waals surface area (Å²) in [5.74, 6) is -0.388. The molecule has 0 rings (SSSR count).